The average Bonchev–Trinajstić information content (AvgIpc) is 2.88. The van der Waals surface area contributed by atoms with Crippen molar-refractivity contribution >= 4 is 11.6 Å². The number of methoxy groups -OCH3 is 1. The van der Waals surface area contributed by atoms with Crippen LogP contribution in [0.5, 0.6) is 5.75 Å². The number of carbonyl (C=O) groups excluding carboxylic acids is 1. The van der Waals surface area contributed by atoms with Crippen molar-refractivity contribution in [2.75, 3.05) is 19.2 Å². The first-order valence-electron chi connectivity index (χ1n) is 7.92. The van der Waals surface area contributed by atoms with Gasteiger partial charge in [-0.05, 0) is 42.7 Å². The summed E-state index contributed by atoms with van der Waals surface area (Å²) in [5.41, 5.74) is 2.33. The quantitative estimate of drug-likeness (QED) is 0.849. The molecule has 23 heavy (non-hydrogen) atoms. The van der Waals surface area contributed by atoms with Crippen LogP contribution in [0.2, 0.25) is 0 Å². The first kappa shape index (κ1) is 15.4. The Kier molecular flexibility index (Phi) is 4.51. The number of hydrogen-bond donors (Lipinski definition) is 0. The van der Waals surface area contributed by atoms with Crippen LogP contribution in [-0.4, -0.2) is 31.1 Å². The molecular weight excluding hydrogens is 288 g/mol. The van der Waals surface area contributed by atoms with Gasteiger partial charge in [-0.3, -0.25) is 14.8 Å². The fraction of sp³-hybridized carbons (Fsp3) is 0.316. The molecule has 0 radical (unpaired) electrons. The lowest BCUT2D eigenvalue weighted by molar-refractivity contribution is -0.126. The Balaban J connectivity index is 1.76. The third-order valence-electron chi connectivity index (χ3n) is 4.39. The van der Waals surface area contributed by atoms with E-state index in [-0.39, 0.29) is 11.9 Å². The molecule has 0 bridgehead atoms. The molecule has 4 nitrogen and oxygen atoms in total. The number of aryl methyl sites for hydroxylation is 1. The maximum atomic E-state index is 12.2. The second kappa shape index (κ2) is 6.73. The SMILES string of the molecule is COc1ccc(N2C(CCc3ccccc3)CC(=O)N2C)cc1. The largest absolute Gasteiger partial charge is 0.497 e. The van der Waals surface area contributed by atoms with Crippen LogP contribution in [0.4, 0.5) is 5.69 Å². The van der Waals surface area contributed by atoms with Crippen LogP contribution < -0.4 is 9.75 Å². The summed E-state index contributed by atoms with van der Waals surface area (Å²) in [5.74, 6) is 0.988. The monoisotopic (exact) mass is 310 g/mol. The van der Waals surface area contributed by atoms with E-state index in [1.165, 1.54) is 5.56 Å². The molecule has 1 aliphatic rings. The topological polar surface area (TPSA) is 32.8 Å². The molecule has 2 aromatic carbocycles. The Morgan fingerprint density at radius 2 is 1.78 bits per heavy atom. The Hall–Kier alpha value is -2.49. The van der Waals surface area contributed by atoms with Crippen molar-refractivity contribution in [2.45, 2.75) is 25.3 Å². The molecule has 4 heteroatoms. The van der Waals surface area contributed by atoms with Crippen LogP contribution in [-0.2, 0) is 11.2 Å². The summed E-state index contributed by atoms with van der Waals surface area (Å²) in [4.78, 5) is 12.2. The zero-order chi connectivity index (χ0) is 16.2. The van der Waals surface area contributed by atoms with Gasteiger partial charge >= 0.3 is 0 Å². The van der Waals surface area contributed by atoms with E-state index in [4.69, 9.17) is 4.74 Å². The molecule has 1 unspecified atom stereocenters. The van der Waals surface area contributed by atoms with Gasteiger partial charge in [0.25, 0.3) is 0 Å². The smallest absolute Gasteiger partial charge is 0.242 e. The third kappa shape index (κ3) is 3.31. The lowest BCUT2D eigenvalue weighted by Crippen LogP contribution is -2.40. The molecule has 0 aromatic heterocycles. The van der Waals surface area contributed by atoms with Gasteiger partial charge in [0.15, 0.2) is 0 Å². The Labute approximate surface area is 137 Å². The summed E-state index contributed by atoms with van der Waals surface area (Å²) in [7, 11) is 3.50. The van der Waals surface area contributed by atoms with Gasteiger partial charge in [-0.2, -0.15) is 0 Å². The van der Waals surface area contributed by atoms with Gasteiger partial charge < -0.3 is 4.74 Å². The van der Waals surface area contributed by atoms with Gasteiger partial charge in [-0.1, -0.05) is 30.3 Å². The van der Waals surface area contributed by atoms with E-state index in [1.807, 2.05) is 37.4 Å². The van der Waals surface area contributed by atoms with Gasteiger partial charge in [0, 0.05) is 7.05 Å². The van der Waals surface area contributed by atoms with Crippen LogP contribution in [0, 0.1) is 0 Å². The van der Waals surface area contributed by atoms with E-state index in [9.17, 15) is 4.79 Å². The van der Waals surface area contributed by atoms with Crippen molar-refractivity contribution < 1.29 is 9.53 Å². The predicted octanol–water partition coefficient (Wildman–Crippen LogP) is 3.28. The normalized spacial score (nSPS) is 17.7. The van der Waals surface area contributed by atoms with E-state index in [0.29, 0.717) is 6.42 Å². The van der Waals surface area contributed by atoms with Crippen LogP contribution in [0.3, 0.4) is 0 Å². The predicted molar refractivity (Wildman–Crippen MR) is 91.4 cm³/mol. The zero-order valence-corrected chi connectivity index (χ0v) is 13.6. The third-order valence-corrected chi connectivity index (χ3v) is 4.39. The number of anilines is 1. The van der Waals surface area contributed by atoms with E-state index in [1.54, 1.807) is 12.1 Å². The second-order valence-corrected chi connectivity index (χ2v) is 5.84. The van der Waals surface area contributed by atoms with E-state index in [2.05, 4.69) is 29.3 Å². The van der Waals surface area contributed by atoms with Gasteiger partial charge in [-0.25, -0.2) is 0 Å². The molecule has 0 aliphatic carbocycles. The highest BCUT2D eigenvalue weighted by Crippen LogP contribution is 2.30. The van der Waals surface area contributed by atoms with Crippen LogP contribution in [0.25, 0.3) is 0 Å². The average molecular weight is 310 g/mol. The Morgan fingerprint density at radius 1 is 1.09 bits per heavy atom. The minimum absolute atomic E-state index is 0.166. The van der Waals surface area contributed by atoms with Crippen molar-refractivity contribution in [2.24, 2.45) is 0 Å². The number of amides is 1. The minimum atomic E-state index is 0.166. The Morgan fingerprint density at radius 3 is 2.43 bits per heavy atom. The van der Waals surface area contributed by atoms with E-state index < -0.39 is 0 Å². The Bertz CT molecular complexity index is 655. The summed E-state index contributed by atoms with van der Waals surface area (Å²) in [6.45, 7) is 0. The number of hydrazine groups is 1. The molecule has 120 valence electrons. The maximum Gasteiger partial charge on any atom is 0.242 e. The first-order chi connectivity index (χ1) is 11.2. The molecule has 1 heterocycles. The summed E-state index contributed by atoms with van der Waals surface area (Å²) in [6.07, 6.45) is 2.49. The van der Waals surface area contributed by atoms with Crippen LogP contribution in [0.1, 0.15) is 18.4 Å². The summed E-state index contributed by atoms with van der Waals surface area (Å²) in [5, 5.41) is 3.84. The highest BCUT2D eigenvalue weighted by atomic mass is 16.5. The molecule has 1 saturated heterocycles. The first-order valence-corrected chi connectivity index (χ1v) is 7.92. The highest BCUT2D eigenvalue weighted by Gasteiger charge is 2.35. The van der Waals surface area contributed by atoms with Gasteiger partial charge in [0.1, 0.15) is 5.75 Å². The van der Waals surface area contributed by atoms with Crippen molar-refractivity contribution in [3.8, 4) is 5.75 Å². The van der Waals surface area contributed by atoms with E-state index in [0.717, 1.165) is 24.3 Å². The fourth-order valence-corrected chi connectivity index (χ4v) is 3.11. The summed E-state index contributed by atoms with van der Waals surface area (Å²) < 4.78 is 5.21. The van der Waals surface area contributed by atoms with Crippen molar-refractivity contribution in [1.29, 1.82) is 0 Å². The molecule has 2 aromatic rings. The minimum Gasteiger partial charge on any atom is -0.497 e. The summed E-state index contributed by atoms with van der Waals surface area (Å²) in [6, 6.07) is 18.5. The lowest BCUT2D eigenvalue weighted by Gasteiger charge is -2.31. The standard InChI is InChI=1S/C19H22N2O2/c1-20-19(22)14-17(9-8-15-6-4-3-5-7-15)21(20)16-10-12-18(23-2)13-11-16/h3-7,10-13,17H,8-9,14H2,1-2H3. The van der Waals surface area contributed by atoms with Crippen molar-refractivity contribution in [1.82, 2.24) is 5.01 Å². The highest BCUT2D eigenvalue weighted by molar-refractivity contribution is 5.82. The fourth-order valence-electron chi connectivity index (χ4n) is 3.11. The molecule has 1 aliphatic heterocycles. The van der Waals surface area contributed by atoms with Crippen molar-refractivity contribution in [3.63, 3.8) is 0 Å². The molecule has 3 rings (SSSR count). The molecule has 0 saturated carbocycles. The number of nitrogens with zero attached hydrogens (tertiary/aromatic N) is 2. The van der Waals surface area contributed by atoms with Gasteiger partial charge in [-0.15, -0.1) is 0 Å². The molecule has 1 amide bonds. The molecule has 0 N–H and O–H groups in total. The van der Waals surface area contributed by atoms with Crippen molar-refractivity contribution in [3.05, 3.63) is 60.2 Å². The number of ether oxygens (including phenoxy) is 1. The second-order valence-electron chi connectivity index (χ2n) is 5.84. The molecule has 1 atom stereocenters. The molecule has 1 fully saturated rings. The van der Waals surface area contributed by atoms with E-state index >= 15 is 0 Å². The zero-order valence-electron chi connectivity index (χ0n) is 13.6. The van der Waals surface area contributed by atoms with Gasteiger partial charge in [0.2, 0.25) is 5.91 Å². The van der Waals surface area contributed by atoms with Crippen LogP contribution in [0.15, 0.2) is 54.6 Å². The lowest BCUT2D eigenvalue weighted by atomic mass is 10.0. The molecular formula is C19H22N2O2. The molecule has 0 spiro atoms. The number of rotatable bonds is 5. The summed E-state index contributed by atoms with van der Waals surface area (Å²) >= 11 is 0. The number of hydrogen-bond acceptors (Lipinski definition) is 3. The number of carbonyl (C=O) groups is 1. The van der Waals surface area contributed by atoms with Gasteiger partial charge in [0.05, 0.1) is 25.3 Å². The van der Waals surface area contributed by atoms with Crippen LogP contribution >= 0.6 is 0 Å². The maximum absolute atomic E-state index is 12.2. The number of benzene rings is 2.